The van der Waals surface area contributed by atoms with Gasteiger partial charge in [0.05, 0.1) is 13.2 Å². The van der Waals surface area contributed by atoms with Crippen molar-refractivity contribution >= 4 is 11.6 Å². The molecule has 8 nitrogen and oxygen atoms in total. The van der Waals surface area contributed by atoms with Crippen molar-refractivity contribution in [2.24, 2.45) is 0 Å². The lowest BCUT2D eigenvalue weighted by atomic mass is 9.86. The van der Waals surface area contributed by atoms with E-state index in [0.717, 1.165) is 11.6 Å². The molecular formula is C26H22F4N4O4. The molecular weight excluding hydrogens is 508 g/mol. The summed E-state index contributed by atoms with van der Waals surface area (Å²) >= 11 is 0. The second-order valence-electron chi connectivity index (χ2n) is 8.18. The molecule has 0 aliphatic carbocycles. The predicted molar refractivity (Wildman–Crippen MR) is 128 cm³/mol. The highest BCUT2D eigenvalue weighted by atomic mass is 19.3. The lowest BCUT2D eigenvalue weighted by Gasteiger charge is -2.21. The Bertz CT molecular complexity index is 1360. The summed E-state index contributed by atoms with van der Waals surface area (Å²) in [4.78, 5) is 6.07. The molecule has 3 aromatic heterocycles. The molecule has 1 atom stereocenters. The summed E-state index contributed by atoms with van der Waals surface area (Å²) in [5, 5.41) is 23.6. The molecule has 1 aromatic carbocycles. The molecule has 198 valence electrons. The topological polar surface area (TPSA) is 88.5 Å². The number of anilines is 2. The number of halogens is 4. The molecule has 12 heteroatoms. The van der Waals surface area contributed by atoms with Gasteiger partial charge in [-0.25, -0.2) is 14.6 Å². The Labute approximate surface area is 215 Å². The third-order valence-corrected chi connectivity index (χ3v) is 5.78. The molecule has 4 aromatic rings. The van der Waals surface area contributed by atoms with Crippen molar-refractivity contribution in [2.45, 2.75) is 25.6 Å². The first-order valence-corrected chi connectivity index (χ1v) is 11.3. The fourth-order valence-electron chi connectivity index (χ4n) is 3.96. The van der Waals surface area contributed by atoms with Gasteiger partial charge < -0.3 is 19.9 Å². The van der Waals surface area contributed by atoms with E-state index in [-0.39, 0.29) is 0 Å². The fourth-order valence-corrected chi connectivity index (χ4v) is 3.96. The van der Waals surface area contributed by atoms with Gasteiger partial charge in [-0.05, 0) is 41.3 Å². The standard InChI is InChI=1S/C26H22F4N4O4/c1-32(24-4-2-3-11-34(24)36)23-8-6-19(16-31-23)20(14-17-9-12-33(35)13-10-17)18-5-7-21(37-25(27)28)22(15-18)38-26(29)30/h2-13,15-16,20,25-26H,14H2,1H3. The van der Waals surface area contributed by atoms with Crippen molar-refractivity contribution in [3.63, 3.8) is 0 Å². The molecule has 0 radical (unpaired) electrons. The van der Waals surface area contributed by atoms with E-state index in [1.54, 1.807) is 60.6 Å². The van der Waals surface area contributed by atoms with Crippen molar-refractivity contribution in [3.8, 4) is 11.5 Å². The summed E-state index contributed by atoms with van der Waals surface area (Å²) in [5.74, 6) is -0.743. The summed E-state index contributed by atoms with van der Waals surface area (Å²) in [6.07, 6.45) is 5.90. The normalized spacial score (nSPS) is 12.0. The second kappa shape index (κ2) is 11.6. The van der Waals surface area contributed by atoms with Gasteiger partial charge in [0, 0.05) is 36.4 Å². The summed E-state index contributed by atoms with van der Waals surface area (Å²) in [5.41, 5.74) is 1.88. The van der Waals surface area contributed by atoms with Crippen LogP contribution in [0.2, 0.25) is 0 Å². The minimum atomic E-state index is -3.26. The number of nitrogens with zero attached hydrogens (tertiary/aromatic N) is 4. The average molecular weight is 530 g/mol. The molecule has 0 saturated carbocycles. The minimum Gasteiger partial charge on any atom is -0.711 e. The SMILES string of the molecule is CN(c1ccc(C(Cc2cc[n+]([O-])cc2)c2ccc(OC(F)F)c(OC(F)F)c2)cn1)c1cccc[n+]1[O-]. The number of alkyl halides is 4. The zero-order chi connectivity index (χ0) is 27.2. The molecule has 0 saturated heterocycles. The maximum Gasteiger partial charge on any atom is 0.387 e. The molecule has 0 bridgehead atoms. The molecule has 0 fully saturated rings. The third kappa shape index (κ3) is 6.38. The van der Waals surface area contributed by atoms with E-state index in [2.05, 4.69) is 14.5 Å². The third-order valence-electron chi connectivity index (χ3n) is 5.78. The summed E-state index contributed by atoms with van der Waals surface area (Å²) < 4.78 is 61.8. The predicted octanol–water partition coefficient (Wildman–Crippen LogP) is 4.69. The maximum atomic E-state index is 13.0. The average Bonchev–Trinajstić information content (AvgIpc) is 2.89. The van der Waals surface area contributed by atoms with Crippen LogP contribution < -0.4 is 23.8 Å². The van der Waals surface area contributed by atoms with Crippen LogP contribution in [-0.4, -0.2) is 25.3 Å². The van der Waals surface area contributed by atoms with Gasteiger partial charge in [0.1, 0.15) is 0 Å². The van der Waals surface area contributed by atoms with Crippen LogP contribution in [0.15, 0.2) is 85.5 Å². The van der Waals surface area contributed by atoms with Gasteiger partial charge in [-0.1, -0.05) is 18.2 Å². The minimum absolute atomic E-state index is 0.320. The smallest absolute Gasteiger partial charge is 0.387 e. The lowest BCUT2D eigenvalue weighted by molar-refractivity contribution is -0.605. The van der Waals surface area contributed by atoms with E-state index in [4.69, 9.17) is 0 Å². The number of hydrogen-bond donors (Lipinski definition) is 0. The Morgan fingerprint density at radius 1 is 0.842 bits per heavy atom. The highest BCUT2D eigenvalue weighted by Crippen LogP contribution is 2.37. The van der Waals surface area contributed by atoms with Crippen molar-refractivity contribution in [2.75, 3.05) is 11.9 Å². The van der Waals surface area contributed by atoms with Crippen LogP contribution in [0, 0.1) is 10.4 Å². The number of benzene rings is 1. The summed E-state index contributed by atoms with van der Waals surface area (Å²) in [6.45, 7) is -6.49. The van der Waals surface area contributed by atoms with Crippen molar-refractivity contribution in [3.05, 3.63) is 113 Å². The van der Waals surface area contributed by atoms with Crippen LogP contribution in [0.5, 0.6) is 11.5 Å². The molecule has 4 rings (SSSR count). The van der Waals surface area contributed by atoms with Gasteiger partial charge in [-0.2, -0.15) is 22.3 Å². The maximum absolute atomic E-state index is 13.0. The number of rotatable bonds is 10. The van der Waals surface area contributed by atoms with Gasteiger partial charge in [0.2, 0.25) is 5.82 Å². The van der Waals surface area contributed by atoms with Crippen LogP contribution in [0.3, 0.4) is 0 Å². The molecule has 0 aliphatic heterocycles. The van der Waals surface area contributed by atoms with E-state index in [1.165, 1.54) is 30.7 Å². The van der Waals surface area contributed by atoms with E-state index in [0.29, 0.717) is 38.6 Å². The lowest BCUT2D eigenvalue weighted by Crippen LogP contribution is -2.33. The Balaban J connectivity index is 1.72. The number of pyridine rings is 3. The van der Waals surface area contributed by atoms with Gasteiger partial charge in [-0.15, -0.1) is 0 Å². The van der Waals surface area contributed by atoms with E-state index >= 15 is 0 Å². The fraction of sp³-hybridized carbons (Fsp3) is 0.192. The van der Waals surface area contributed by atoms with Crippen LogP contribution in [0.4, 0.5) is 29.2 Å². The Kier molecular flexibility index (Phi) is 8.09. The Morgan fingerprint density at radius 2 is 1.53 bits per heavy atom. The van der Waals surface area contributed by atoms with Crippen LogP contribution in [-0.2, 0) is 6.42 Å². The first-order valence-electron chi connectivity index (χ1n) is 11.3. The molecule has 0 N–H and O–H groups in total. The van der Waals surface area contributed by atoms with Crippen LogP contribution in [0.25, 0.3) is 0 Å². The zero-order valence-electron chi connectivity index (χ0n) is 20.0. The second-order valence-corrected chi connectivity index (χ2v) is 8.18. The monoisotopic (exact) mass is 530 g/mol. The van der Waals surface area contributed by atoms with E-state index < -0.39 is 30.6 Å². The van der Waals surface area contributed by atoms with Crippen molar-refractivity contribution in [1.82, 2.24) is 4.98 Å². The molecule has 0 amide bonds. The largest absolute Gasteiger partial charge is 0.711 e. The zero-order valence-corrected chi connectivity index (χ0v) is 20.0. The van der Waals surface area contributed by atoms with Gasteiger partial charge in [0.15, 0.2) is 23.9 Å². The summed E-state index contributed by atoms with van der Waals surface area (Å²) in [7, 11) is 1.68. The highest BCUT2D eigenvalue weighted by molar-refractivity contribution is 5.53. The molecule has 0 spiro atoms. The highest BCUT2D eigenvalue weighted by Gasteiger charge is 2.23. The number of aromatic nitrogens is 3. The van der Waals surface area contributed by atoms with Gasteiger partial charge in [0.25, 0.3) is 5.82 Å². The van der Waals surface area contributed by atoms with Crippen molar-refractivity contribution in [1.29, 1.82) is 0 Å². The van der Waals surface area contributed by atoms with Crippen molar-refractivity contribution < 1.29 is 36.5 Å². The van der Waals surface area contributed by atoms with E-state index in [1.807, 2.05) is 0 Å². The summed E-state index contributed by atoms with van der Waals surface area (Å²) in [6, 6.07) is 15.5. The van der Waals surface area contributed by atoms with Crippen LogP contribution in [0.1, 0.15) is 22.6 Å². The molecule has 38 heavy (non-hydrogen) atoms. The van der Waals surface area contributed by atoms with Gasteiger partial charge in [-0.3, -0.25) is 0 Å². The quantitative estimate of drug-likeness (QED) is 0.168. The van der Waals surface area contributed by atoms with Crippen LogP contribution >= 0.6 is 0 Å². The van der Waals surface area contributed by atoms with E-state index in [9.17, 15) is 28.0 Å². The molecule has 1 unspecified atom stereocenters. The molecule has 3 heterocycles. The Morgan fingerprint density at radius 3 is 2.16 bits per heavy atom. The first-order chi connectivity index (χ1) is 18.2. The number of ether oxygens (including phenoxy) is 2. The number of hydrogen-bond acceptors (Lipinski definition) is 6. The van der Waals surface area contributed by atoms with Gasteiger partial charge >= 0.3 is 13.2 Å². The first kappa shape index (κ1) is 26.5. The molecule has 0 aliphatic rings. The Hall–Kier alpha value is -4.61.